The van der Waals surface area contributed by atoms with Gasteiger partial charge in [-0.15, -0.1) is 0 Å². The van der Waals surface area contributed by atoms with Crippen molar-refractivity contribution in [3.05, 3.63) is 60.2 Å². The van der Waals surface area contributed by atoms with Gasteiger partial charge in [0.25, 0.3) is 0 Å². The average molecular weight is 256 g/mol. The molecule has 1 atom stereocenters. The van der Waals surface area contributed by atoms with Gasteiger partial charge in [-0.3, -0.25) is 0 Å². The molecule has 0 saturated carbocycles. The van der Waals surface area contributed by atoms with E-state index in [1.807, 2.05) is 54.6 Å². The van der Waals surface area contributed by atoms with E-state index < -0.39 is 0 Å². The van der Waals surface area contributed by atoms with Crippen LogP contribution in [0.15, 0.2) is 54.6 Å². The third-order valence-corrected chi connectivity index (χ3v) is 2.89. The minimum Gasteiger partial charge on any atom is -0.491 e. The molecule has 1 heterocycles. The number of epoxide rings is 1. The lowest BCUT2D eigenvalue weighted by atomic mass is 10.2. The van der Waals surface area contributed by atoms with E-state index >= 15 is 0 Å². The molecule has 1 fully saturated rings. The number of benzene rings is 2. The summed E-state index contributed by atoms with van der Waals surface area (Å²) in [6.07, 6.45) is 0.272. The van der Waals surface area contributed by atoms with Crippen LogP contribution in [0.3, 0.4) is 0 Å². The zero-order chi connectivity index (χ0) is 12.9. The van der Waals surface area contributed by atoms with Gasteiger partial charge in [-0.25, -0.2) is 0 Å². The Morgan fingerprint density at radius 2 is 1.68 bits per heavy atom. The summed E-state index contributed by atoms with van der Waals surface area (Å²) in [4.78, 5) is 0. The molecule has 1 aliphatic rings. The van der Waals surface area contributed by atoms with Gasteiger partial charge < -0.3 is 14.2 Å². The number of hydrogen-bond donors (Lipinski definition) is 0. The molecule has 0 bridgehead atoms. The Labute approximate surface area is 112 Å². The van der Waals surface area contributed by atoms with Crippen LogP contribution in [0.5, 0.6) is 11.5 Å². The Bertz CT molecular complexity index is 521. The molecule has 0 aliphatic carbocycles. The fraction of sp³-hybridized carbons (Fsp3) is 0.250. The molecule has 0 N–H and O–H groups in total. The molecule has 2 aromatic carbocycles. The second-order valence-corrected chi connectivity index (χ2v) is 4.52. The zero-order valence-electron chi connectivity index (χ0n) is 10.6. The Hall–Kier alpha value is -2.00. The normalized spacial score (nSPS) is 16.9. The van der Waals surface area contributed by atoms with E-state index in [0.29, 0.717) is 13.2 Å². The van der Waals surface area contributed by atoms with Crippen molar-refractivity contribution < 1.29 is 14.2 Å². The highest BCUT2D eigenvalue weighted by atomic mass is 16.6. The molecule has 1 aliphatic heterocycles. The van der Waals surface area contributed by atoms with Crippen LogP contribution in [0.1, 0.15) is 5.56 Å². The maximum atomic E-state index is 5.74. The Morgan fingerprint density at radius 3 is 2.42 bits per heavy atom. The summed E-state index contributed by atoms with van der Waals surface area (Å²) in [5.74, 6) is 1.64. The monoisotopic (exact) mass is 256 g/mol. The quantitative estimate of drug-likeness (QED) is 0.744. The molecule has 2 aromatic rings. The minimum atomic E-state index is 0.272. The summed E-state index contributed by atoms with van der Waals surface area (Å²) in [6.45, 7) is 1.99. The van der Waals surface area contributed by atoms with E-state index in [-0.39, 0.29) is 6.10 Å². The van der Waals surface area contributed by atoms with Gasteiger partial charge in [0.2, 0.25) is 0 Å². The largest absolute Gasteiger partial charge is 0.491 e. The summed E-state index contributed by atoms with van der Waals surface area (Å²) < 4.78 is 16.5. The lowest BCUT2D eigenvalue weighted by Gasteiger charge is -2.09. The minimum absolute atomic E-state index is 0.272. The molecule has 0 spiro atoms. The predicted molar refractivity (Wildman–Crippen MR) is 72.5 cm³/mol. The number of rotatable bonds is 6. The molecule has 98 valence electrons. The molecule has 1 saturated heterocycles. The second-order valence-electron chi connectivity index (χ2n) is 4.52. The Kier molecular flexibility index (Phi) is 3.65. The van der Waals surface area contributed by atoms with Crippen LogP contribution < -0.4 is 9.47 Å². The highest BCUT2D eigenvalue weighted by molar-refractivity contribution is 5.33. The van der Waals surface area contributed by atoms with E-state index in [0.717, 1.165) is 23.7 Å². The summed E-state index contributed by atoms with van der Waals surface area (Å²) in [5.41, 5.74) is 1.15. The lowest BCUT2D eigenvalue weighted by Crippen LogP contribution is -2.04. The molecule has 0 unspecified atom stereocenters. The first-order valence-corrected chi connectivity index (χ1v) is 6.41. The predicted octanol–water partition coefficient (Wildman–Crippen LogP) is 3.04. The molecule has 19 heavy (non-hydrogen) atoms. The van der Waals surface area contributed by atoms with E-state index in [1.165, 1.54) is 0 Å². The van der Waals surface area contributed by atoms with Gasteiger partial charge in [0.15, 0.2) is 0 Å². The van der Waals surface area contributed by atoms with Crippen molar-refractivity contribution in [1.29, 1.82) is 0 Å². The summed E-state index contributed by atoms with van der Waals surface area (Å²) >= 11 is 0. The molecule has 3 nitrogen and oxygen atoms in total. The standard InChI is InChI=1S/C16H16O3/c1-2-5-13(6-3-1)10-17-14-7-4-8-15(9-14)18-11-16-12-19-16/h1-9,16H,10-12H2/t16-/m1/s1. The Balaban J connectivity index is 1.56. The molecule has 3 heteroatoms. The van der Waals surface area contributed by atoms with Gasteiger partial charge in [-0.05, 0) is 17.7 Å². The van der Waals surface area contributed by atoms with E-state index in [9.17, 15) is 0 Å². The van der Waals surface area contributed by atoms with Crippen molar-refractivity contribution in [3.8, 4) is 11.5 Å². The van der Waals surface area contributed by atoms with Crippen molar-refractivity contribution in [2.45, 2.75) is 12.7 Å². The van der Waals surface area contributed by atoms with E-state index in [1.54, 1.807) is 0 Å². The molecule has 0 amide bonds. The van der Waals surface area contributed by atoms with Crippen LogP contribution in [0.2, 0.25) is 0 Å². The first-order chi connectivity index (χ1) is 9.40. The summed E-state index contributed by atoms with van der Waals surface area (Å²) in [6, 6.07) is 17.8. The van der Waals surface area contributed by atoms with Gasteiger partial charge >= 0.3 is 0 Å². The van der Waals surface area contributed by atoms with Gasteiger partial charge in [-0.1, -0.05) is 36.4 Å². The van der Waals surface area contributed by atoms with Crippen LogP contribution in [-0.4, -0.2) is 19.3 Å². The number of hydrogen-bond acceptors (Lipinski definition) is 3. The van der Waals surface area contributed by atoms with E-state index in [2.05, 4.69) is 0 Å². The van der Waals surface area contributed by atoms with Crippen LogP contribution in [0.4, 0.5) is 0 Å². The van der Waals surface area contributed by atoms with Crippen LogP contribution in [0.25, 0.3) is 0 Å². The summed E-state index contributed by atoms with van der Waals surface area (Å²) in [5, 5.41) is 0. The first kappa shape index (κ1) is 12.1. The van der Waals surface area contributed by atoms with Crippen molar-refractivity contribution in [3.63, 3.8) is 0 Å². The zero-order valence-corrected chi connectivity index (χ0v) is 10.6. The molecular weight excluding hydrogens is 240 g/mol. The molecular formula is C16H16O3. The highest BCUT2D eigenvalue weighted by Crippen LogP contribution is 2.21. The topological polar surface area (TPSA) is 31.0 Å². The summed E-state index contributed by atoms with van der Waals surface area (Å²) in [7, 11) is 0. The fourth-order valence-electron chi connectivity index (χ4n) is 1.75. The van der Waals surface area contributed by atoms with Crippen molar-refractivity contribution in [2.75, 3.05) is 13.2 Å². The van der Waals surface area contributed by atoms with Gasteiger partial charge in [0, 0.05) is 6.07 Å². The molecule has 3 rings (SSSR count). The first-order valence-electron chi connectivity index (χ1n) is 6.41. The van der Waals surface area contributed by atoms with Crippen molar-refractivity contribution >= 4 is 0 Å². The highest BCUT2D eigenvalue weighted by Gasteiger charge is 2.23. The van der Waals surface area contributed by atoms with Crippen LogP contribution >= 0.6 is 0 Å². The Morgan fingerprint density at radius 1 is 0.947 bits per heavy atom. The average Bonchev–Trinajstić information content (AvgIpc) is 3.29. The third kappa shape index (κ3) is 3.73. The second kappa shape index (κ2) is 5.76. The van der Waals surface area contributed by atoms with Crippen molar-refractivity contribution in [2.24, 2.45) is 0 Å². The molecule has 0 radical (unpaired) electrons. The smallest absolute Gasteiger partial charge is 0.123 e. The van der Waals surface area contributed by atoms with Crippen LogP contribution in [-0.2, 0) is 11.3 Å². The number of ether oxygens (including phenoxy) is 3. The lowest BCUT2D eigenvalue weighted by molar-refractivity contribution is 0.259. The third-order valence-electron chi connectivity index (χ3n) is 2.89. The van der Waals surface area contributed by atoms with Gasteiger partial charge in [0.05, 0.1) is 6.61 Å². The van der Waals surface area contributed by atoms with E-state index in [4.69, 9.17) is 14.2 Å². The van der Waals surface area contributed by atoms with Gasteiger partial charge in [-0.2, -0.15) is 0 Å². The maximum Gasteiger partial charge on any atom is 0.123 e. The SMILES string of the molecule is c1ccc(COc2cccc(OC[C@@H]3CO3)c2)cc1. The fourth-order valence-corrected chi connectivity index (χ4v) is 1.75. The maximum absolute atomic E-state index is 5.74. The molecule has 0 aromatic heterocycles. The van der Waals surface area contributed by atoms with Gasteiger partial charge in [0.1, 0.15) is 30.8 Å². The van der Waals surface area contributed by atoms with Crippen molar-refractivity contribution in [1.82, 2.24) is 0 Å². The van der Waals surface area contributed by atoms with Crippen LogP contribution in [0, 0.1) is 0 Å².